The second-order valence-corrected chi connectivity index (χ2v) is 8.20. The van der Waals surface area contributed by atoms with E-state index in [4.69, 9.17) is 5.26 Å². The average Bonchev–Trinajstić information content (AvgIpc) is 3.41. The molecule has 1 aromatic carbocycles. The Balaban J connectivity index is 2.20. The predicted molar refractivity (Wildman–Crippen MR) is 87.0 cm³/mol. The summed E-state index contributed by atoms with van der Waals surface area (Å²) in [4.78, 5) is 11.3. The largest absolute Gasteiger partial charge is 0.451 e. The lowest BCUT2D eigenvalue weighted by Gasteiger charge is -2.12. The van der Waals surface area contributed by atoms with Gasteiger partial charge in [-0.15, -0.1) is 5.10 Å². The number of alkyl halides is 6. The number of nitriles is 1. The zero-order valence-corrected chi connectivity index (χ0v) is 15.7. The van der Waals surface area contributed by atoms with Crippen LogP contribution in [0.3, 0.4) is 0 Å². The second-order valence-electron chi connectivity index (χ2n) is 6.47. The van der Waals surface area contributed by atoms with E-state index in [1.165, 1.54) is 6.07 Å². The maximum absolute atomic E-state index is 14.5. The molecule has 0 bridgehead atoms. The Hall–Kier alpha value is -2.93. The van der Waals surface area contributed by atoms with Gasteiger partial charge in [0.25, 0.3) is 0 Å². The molecule has 0 radical (unpaired) electrons. The quantitative estimate of drug-likeness (QED) is 0.670. The fraction of sp³-hybridized carbons (Fsp3) is 0.400. The van der Waals surface area contributed by atoms with E-state index in [1.54, 1.807) is 0 Å². The normalized spacial score (nSPS) is 15.2. The van der Waals surface area contributed by atoms with Crippen LogP contribution < -0.4 is 10.4 Å². The van der Waals surface area contributed by atoms with Crippen LogP contribution in [0.1, 0.15) is 30.3 Å². The van der Waals surface area contributed by atoms with Crippen LogP contribution in [0.4, 0.5) is 30.7 Å². The molecule has 1 N–H and O–H groups in total. The Morgan fingerprint density at radius 3 is 2.29 bits per heavy atom. The monoisotopic (exact) mass is 473 g/mol. The van der Waals surface area contributed by atoms with Crippen molar-refractivity contribution in [2.75, 3.05) is 6.54 Å². The number of sulfonamides is 1. The number of benzene rings is 1. The van der Waals surface area contributed by atoms with Crippen LogP contribution in [0.25, 0.3) is 5.69 Å². The van der Waals surface area contributed by atoms with Crippen molar-refractivity contribution in [3.63, 3.8) is 0 Å². The summed E-state index contributed by atoms with van der Waals surface area (Å²) < 4.78 is 117. The van der Waals surface area contributed by atoms with Gasteiger partial charge in [-0.1, -0.05) is 0 Å². The smallest absolute Gasteiger partial charge is 0.268 e. The van der Waals surface area contributed by atoms with Gasteiger partial charge in [-0.25, -0.2) is 22.3 Å². The van der Waals surface area contributed by atoms with Crippen molar-refractivity contribution in [3.8, 4) is 11.8 Å². The van der Waals surface area contributed by atoms with Crippen molar-refractivity contribution >= 4 is 10.0 Å². The van der Waals surface area contributed by atoms with E-state index < -0.39 is 68.4 Å². The minimum atomic E-state index is -5.10. The van der Waals surface area contributed by atoms with Gasteiger partial charge in [-0.05, 0) is 25.0 Å². The first kappa shape index (κ1) is 22.7. The van der Waals surface area contributed by atoms with Crippen molar-refractivity contribution in [1.82, 2.24) is 19.1 Å². The third-order valence-electron chi connectivity index (χ3n) is 4.13. The number of nitrogens with zero attached hydrogens (tertiary/aromatic N) is 4. The number of halogens is 7. The van der Waals surface area contributed by atoms with Gasteiger partial charge in [0.2, 0.25) is 15.8 Å². The molecule has 0 spiro atoms. The van der Waals surface area contributed by atoms with Crippen molar-refractivity contribution in [3.05, 3.63) is 39.8 Å². The Kier molecular flexibility index (Phi) is 5.39. The molecule has 16 heteroatoms. The van der Waals surface area contributed by atoms with E-state index in [2.05, 4.69) is 5.10 Å². The molecule has 1 saturated carbocycles. The van der Waals surface area contributed by atoms with E-state index in [1.807, 2.05) is 0 Å². The fourth-order valence-electron chi connectivity index (χ4n) is 2.66. The van der Waals surface area contributed by atoms with E-state index in [9.17, 15) is 43.9 Å². The summed E-state index contributed by atoms with van der Waals surface area (Å²) in [6, 6.07) is 0.979. The van der Waals surface area contributed by atoms with Crippen LogP contribution >= 0.6 is 0 Å². The van der Waals surface area contributed by atoms with E-state index in [0.29, 0.717) is 0 Å². The Bertz CT molecular complexity index is 1230. The molecular formula is C15H10F7N5O3S. The molecule has 1 aliphatic rings. The maximum atomic E-state index is 14.5. The first-order valence-electron chi connectivity index (χ1n) is 8.25. The summed E-state index contributed by atoms with van der Waals surface area (Å²) in [5.74, 6) is -3.13. The van der Waals surface area contributed by atoms with Crippen LogP contribution in [0.15, 0.2) is 21.8 Å². The van der Waals surface area contributed by atoms with Crippen molar-refractivity contribution < 1.29 is 39.2 Å². The highest BCUT2D eigenvalue weighted by Gasteiger charge is 2.43. The Morgan fingerprint density at radius 1 is 1.19 bits per heavy atom. The SMILES string of the molecule is N#Cc1cc(F)c(-n2nc(C(F)(F)F)n(C3CC3)c2=O)cc1S(=O)(=O)NCC(F)(F)F. The van der Waals surface area contributed by atoms with Crippen LogP contribution in [0.5, 0.6) is 0 Å². The minimum absolute atomic E-state index is 0.0413. The van der Waals surface area contributed by atoms with Gasteiger partial charge in [-0.2, -0.15) is 36.3 Å². The lowest BCUT2D eigenvalue weighted by Crippen LogP contribution is -2.34. The highest BCUT2D eigenvalue weighted by atomic mass is 32.2. The predicted octanol–water partition coefficient (Wildman–Crippen LogP) is 2.24. The van der Waals surface area contributed by atoms with Gasteiger partial charge in [0.15, 0.2) is 0 Å². The first-order valence-corrected chi connectivity index (χ1v) is 9.73. The zero-order valence-electron chi connectivity index (χ0n) is 14.9. The third-order valence-corrected chi connectivity index (χ3v) is 5.57. The molecule has 0 saturated heterocycles. The minimum Gasteiger partial charge on any atom is -0.268 e. The van der Waals surface area contributed by atoms with Crippen molar-refractivity contribution in [2.45, 2.75) is 36.1 Å². The standard InChI is InChI=1S/C15H10F7N5O3S/c16-9-3-7(5-23)11(31(29,30)24-6-14(17,18)19)4-10(9)27-13(28)26(8-1-2-8)12(25-27)15(20,21)22/h3-4,8,24H,1-2,6H2. The summed E-state index contributed by atoms with van der Waals surface area (Å²) in [6.45, 7) is -2.03. The van der Waals surface area contributed by atoms with Crippen LogP contribution in [-0.2, 0) is 16.2 Å². The van der Waals surface area contributed by atoms with Crippen LogP contribution in [0, 0.1) is 17.1 Å². The number of hydrogen-bond acceptors (Lipinski definition) is 5. The van der Waals surface area contributed by atoms with E-state index >= 15 is 0 Å². The van der Waals surface area contributed by atoms with Gasteiger partial charge in [0.1, 0.15) is 29.0 Å². The van der Waals surface area contributed by atoms with Crippen LogP contribution in [-0.4, -0.2) is 35.5 Å². The molecule has 168 valence electrons. The summed E-state index contributed by atoms with van der Waals surface area (Å²) in [6.07, 6.45) is -9.61. The molecule has 1 aromatic heterocycles. The number of rotatable bonds is 5. The van der Waals surface area contributed by atoms with Gasteiger partial charge >= 0.3 is 18.0 Å². The highest BCUT2D eigenvalue weighted by Crippen LogP contribution is 2.38. The maximum Gasteiger partial charge on any atom is 0.451 e. The van der Waals surface area contributed by atoms with Crippen molar-refractivity contribution in [2.24, 2.45) is 0 Å². The molecule has 0 amide bonds. The third kappa shape index (κ3) is 4.56. The molecule has 1 heterocycles. The number of hydrogen-bond donors (Lipinski definition) is 1. The van der Waals surface area contributed by atoms with E-state index in [-0.39, 0.29) is 34.2 Å². The lowest BCUT2D eigenvalue weighted by molar-refractivity contribution is -0.147. The highest BCUT2D eigenvalue weighted by molar-refractivity contribution is 7.89. The molecule has 8 nitrogen and oxygen atoms in total. The second kappa shape index (κ2) is 7.34. The van der Waals surface area contributed by atoms with Gasteiger partial charge in [0.05, 0.1) is 5.56 Å². The summed E-state index contributed by atoms with van der Waals surface area (Å²) >= 11 is 0. The summed E-state index contributed by atoms with van der Waals surface area (Å²) in [7, 11) is -5.06. The Labute approximate surface area is 168 Å². The number of nitrogens with one attached hydrogen (secondary N) is 1. The molecule has 3 rings (SSSR count). The molecule has 1 aliphatic carbocycles. The molecule has 0 unspecified atom stereocenters. The molecule has 2 aromatic rings. The topological polar surface area (TPSA) is 110 Å². The van der Waals surface area contributed by atoms with E-state index in [0.717, 1.165) is 4.72 Å². The first-order chi connectivity index (χ1) is 14.2. The van der Waals surface area contributed by atoms with Crippen LogP contribution in [0.2, 0.25) is 0 Å². The number of aromatic nitrogens is 3. The summed E-state index contributed by atoms with van der Waals surface area (Å²) in [5.41, 5.74) is -3.44. The fourth-order valence-corrected chi connectivity index (χ4v) is 3.83. The van der Waals surface area contributed by atoms with Gasteiger partial charge in [0, 0.05) is 6.04 Å². The Morgan fingerprint density at radius 2 is 1.81 bits per heavy atom. The van der Waals surface area contributed by atoms with Crippen molar-refractivity contribution in [1.29, 1.82) is 5.26 Å². The van der Waals surface area contributed by atoms with Gasteiger partial charge in [-0.3, -0.25) is 4.57 Å². The molecule has 1 fully saturated rings. The molecular weight excluding hydrogens is 463 g/mol. The zero-order chi connectivity index (χ0) is 23.4. The molecule has 31 heavy (non-hydrogen) atoms. The molecule has 0 atom stereocenters. The average molecular weight is 473 g/mol. The van der Waals surface area contributed by atoms with Gasteiger partial charge < -0.3 is 0 Å². The lowest BCUT2D eigenvalue weighted by atomic mass is 10.2. The molecule has 0 aliphatic heterocycles. The summed E-state index contributed by atoms with van der Waals surface area (Å²) in [5, 5.41) is 12.1.